The van der Waals surface area contributed by atoms with Crippen LogP contribution < -0.4 is 10.6 Å². The largest absolute Gasteiger partial charge is 0.450 e. The summed E-state index contributed by atoms with van der Waals surface area (Å²) < 4.78 is 5.00. The second-order valence-electron chi connectivity index (χ2n) is 6.27. The van der Waals surface area contributed by atoms with Gasteiger partial charge in [0.25, 0.3) is 0 Å². The molecular weight excluding hydrogens is 282 g/mol. The highest BCUT2D eigenvalue weighted by Crippen LogP contribution is 2.17. The number of hydrogen-bond donors (Lipinski definition) is 2. The van der Waals surface area contributed by atoms with Gasteiger partial charge in [-0.3, -0.25) is 0 Å². The maximum Gasteiger partial charge on any atom is 0.409 e. The van der Waals surface area contributed by atoms with Gasteiger partial charge in [-0.05, 0) is 32.6 Å². The molecule has 2 fully saturated rings. The van der Waals surface area contributed by atoms with Crippen LogP contribution >= 0.6 is 0 Å². The van der Waals surface area contributed by atoms with Gasteiger partial charge in [-0.15, -0.1) is 0 Å². The standard InChI is InChI=1S/C16H29N3O3/c1-2-22-16(21)19-11-9-14(10-12-19)18-15(20)17-13-7-5-3-4-6-8-13/h13-14H,2-12H2,1H3,(H2,17,18,20). The summed E-state index contributed by atoms with van der Waals surface area (Å²) >= 11 is 0. The number of carbonyl (C=O) groups excluding carboxylic acids is 2. The Morgan fingerprint density at radius 3 is 2.05 bits per heavy atom. The van der Waals surface area contributed by atoms with Crippen molar-refractivity contribution >= 4 is 12.1 Å². The maximum absolute atomic E-state index is 12.1. The molecule has 0 spiro atoms. The monoisotopic (exact) mass is 311 g/mol. The van der Waals surface area contributed by atoms with E-state index in [2.05, 4.69) is 10.6 Å². The molecule has 3 amide bonds. The SMILES string of the molecule is CCOC(=O)N1CCC(NC(=O)NC2CCCCCC2)CC1. The fourth-order valence-electron chi connectivity index (χ4n) is 3.26. The average molecular weight is 311 g/mol. The molecule has 2 rings (SSSR count). The van der Waals surface area contributed by atoms with Crippen molar-refractivity contribution in [2.24, 2.45) is 0 Å². The van der Waals surface area contributed by atoms with Crippen LogP contribution in [-0.2, 0) is 4.74 Å². The lowest BCUT2D eigenvalue weighted by molar-refractivity contribution is 0.0957. The summed E-state index contributed by atoms with van der Waals surface area (Å²) in [5.74, 6) is 0. The molecule has 2 N–H and O–H groups in total. The minimum Gasteiger partial charge on any atom is -0.450 e. The molecule has 2 aliphatic rings. The summed E-state index contributed by atoms with van der Waals surface area (Å²) in [5, 5.41) is 6.15. The van der Waals surface area contributed by atoms with Gasteiger partial charge in [0.15, 0.2) is 0 Å². The van der Waals surface area contributed by atoms with Crippen LogP contribution in [0.1, 0.15) is 58.3 Å². The van der Waals surface area contributed by atoms with E-state index in [-0.39, 0.29) is 18.2 Å². The summed E-state index contributed by atoms with van der Waals surface area (Å²) in [5.41, 5.74) is 0. The minimum atomic E-state index is -0.246. The van der Waals surface area contributed by atoms with Gasteiger partial charge in [0.1, 0.15) is 0 Å². The van der Waals surface area contributed by atoms with Crippen molar-refractivity contribution in [2.45, 2.75) is 70.4 Å². The Balaban J connectivity index is 1.66. The molecular formula is C16H29N3O3. The Morgan fingerprint density at radius 1 is 0.955 bits per heavy atom. The molecule has 1 heterocycles. The van der Waals surface area contributed by atoms with Crippen LogP contribution in [0.25, 0.3) is 0 Å². The molecule has 0 aromatic carbocycles. The zero-order chi connectivity index (χ0) is 15.8. The van der Waals surface area contributed by atoms with E-state index in [1.54, 1.807) is 4.90 Å². The van der Waals surface area contributed by atoms with E-state index in [0.29, 0.717) is 25.7 Å². The van der Waals surface area contributed by atoms with Crippen LogP contribution in [0.5, 0.6) is 0 Å². The van der Waals surface area contributed by atoms with E-state index in [9.17, 15) is 9.59 Å². The first-order valence-corrected chi connectivity index (χ1v) is 8.67. The van der Waals surface area contributed by atoms with Gasteiger partial charge < -0.3 is 20.3 Å². The van der Waals surface area contributed by atoms with Crippen molar-refractivity contribution in [1.82, 2.24) is 15.5 Å². The zero-order valence-corrected chi connectivity index (χ0v) is 13.6. The molecule has 0 unspecified atom stereocenters. The predicted octanol–water partition coefficient (Wildman–Crippen LogP) is 2.63. The number of likely N-dealkylation sites (tertiary alicyclic amines) is 1. The quantitative estimate of drug-likeness (QED) is 0.787. The minimum absolute atomic E-state index is 0.0542. The van der Waals surface area contributed by atoms with Crippen molar-refractivity contribution in [2.75, 3.05) is 19.7 Å². The number of amides is 3. The molecule has 6 heteroatoms. The van der Waals surface area contributed by atoms with Crippen molar-refractivity contribution in [3.05, 3.63) is 0 Å². The third kappa shape index (κ3) is 5.39. The first-order chi connectivity index (χ1) is 10.7. The van der Waals surface area contributed by atoms with E-state index >= 15 is 0 Å². The second-order valence-corrected chi connectivity index (χ2v) is 6.27. The van der Waals surface area contributed by atoms with Gasteiger partial charge in [0.05, 0.1) is 6.61 Å². The highest BCUT2D eigenvalue weighted by Gasteiger charge is 2.25. The highest BCUT2D eigenvalue weighted by molar-refractivity contribution is 5.74. The number of rotatable bonds is 3. The lowest BCUT2D eigenvalue weighted by Crippen LogP contribution is -2.50. The third-order valence-corrected chi connectivity index (χ3v) is 4.55. The van der Waals surface area contributed by atoms with Gasteiger partial charge in [0.2, 0.25) is 0 Å². The normalized spacial score (nSPS) is 21.0. The number of nitrogens with one attached hydrogen (secondary N) is 2. The van der Waals surface area contributed by atoms with Crippen molar-refractivity contribution in [1.29, 1.82) is 0 Å². The van der Waals surface area contributed by atoms with Crippen LogP contribution in [0.15, 0.2) is 0 Å². The number of carbonyl (C=O) groups is 2. The third-order valence-electron chi connectivity index (χ3n) is 4.55. The van der Waals surface area contributed by atoms with Crippen LogP contribution in [0, 0.1) is 0 Å². The molecule has 0 aromatic rings. The number of nitrogens with zero attached hydrogens (tertiary/aromatic N) is 1. The molecule has 0 bridgehead atoms. The van der Waals surface area contributed by atoms with Crippen molar-refractivity contribution in [3.63, 3.8) is 0 Å². The van der Waals surface area contributed by atoms with E-state index in [1.807, 2.05) is 6.92 Å². The van der Waals surface area contributed by atoms with Gasteiger partial charge in [0, 0.05) is 25.2 Å². The molecule has 1 saturated heterocycles. The fourth-order valence-corrected chi connectivity index (χ4v) is 3.26. The number of piperidine rings is 1. The van der Waals surface area contributed by atoms with Gasteiger partial charge in [-0.1, -0.05) is 25.7 Å². The molecule has 6 nitrogen and oxygen atoms in total. The Morgan fingerprint density at radius 2 is 1.50 bits per heavy atom. The van der Waals surface area contributed by atoms with Crippen LogP contribution in [0.4, 0.5) is 9.59 Å². The zero-order valence-electron chi connectivity index (χ0n) is 13.6. The Bertz CT molecular complexity index is 360. The summed E-state index contributed by atoms with van der Waals surface area (Å²) in [6.07, 6.45) is 8.50. The van der Waals surface area contributed by atoms with Crippen molar-refractivity contribution in [3.8, 4) is 0 Å². The van der Waals surface area contributed by atoms with E-state index < -0.39 is 0 Å². The van der Waals surface area contributed by atoms with Crippen LogP contribution in [-0.4, -0.2) is 48.8 Å². The second kappa shape index (κ2) is 8.86. The number of urea groups is 1. The van der Waals surface area contributed by atoms with Gasteiger partial charge in [-0.25, -0.2) is 9.59 Å². The number of ether oxygens (including phenoxy) is 1. The molecule has 0 radical (unpaired) electrons. The van der Waals surface area contributed by atoms with Gasteiger partial charge >= 0.3 is 12.1 Å². The van der Waals surface area contributed by atoms with Gasteiger partial charge in [-0.2, -0.15) is 0 Å². The van der Waals surface area contributed by atoms with E-state index in [1.165, 1.54) is 25.7 Å². The molecule has 126 valence electrons. The Labute approximate surface area is 132 Å². The van der Waals surface area contributed by atoms with Crippen LogP contribution in [0.3, 0.4) is 0 Å². The highest BCUT2D eigenvalue weighted by atomic mass is 16.6. The van der Waals surface area contributed by atoms with Crippen LogP contribution in [0.2, 0.25) is 0 Å². The average Bonchev–Trinajstić information content (AvgIpc) is 2.77. The summed E-state index contributed by atoms with van der Waals surface area (Å²) in [4.78, 5) is 25.4. The molecule has 1 saturated carbocycles. The topological polar surface area (TPSA) is 70.7 Å². The molecule has 0 atom stereocenters. The Kier molecular flexibility index (Phi) is 6.80. The molecule has 1 aliphatic heterocycles. The first-order valence-electron chi connectivity index (χ1n) is 8.67. The lowest BCUT2D eigenvalue weighted by atomic mass is 10.1. The fraction of sp³-hybridized carbons (Fsp3) is 0.875. The molecule has 0 aromatic heterocycles. The summed E-state index contributed by atoms with van der Waals surface area (Å²) in [6.45, 7) is 3.51. The maximum atomic E-state index is 12.1. The van der Waals surface area contributed by atoms with Crippen molar-refractivity contribution < 1.29 is 14.3 Å². The van der Waals surface area contributed by atoms with E-state index in [4.69, 9.17) is 4.74 Å². The smallest absolute Gasteiger partial charge is 0.409 e. The molecule has 1 aliphatic carbocycles. The number of hydrogen-bond acceptors (Lipinski definition) is 3. The summed E-state index contributed by atoms with van der Waals surface area (Å²) in [7, 11) is 0. The predicted molar refractivity (Wildman–Crippen MR) is 84.8 cm³/mol. The first kappa shape index (κ1) is 16.9. The lowest BCUT2D eigenvalue weighted by Gasteiger charge is -2.32. The Hall–Kier alpha value is -1.46. The van der Waals surface area contributed by atoms with E-state index in [0.717, 1.165) is 25.7 Å². The molecule has 22 heavy (non-hydrogen) atoms. The summed E-state index contributed by atoms with van der Waals surface area (Å²) in [6, 6.07) is 0.417.